The molecule has 0 saturated carbocycles. The number of pyridine rings is 1. The molecule has 3 heterocycles. The fourth-order valence-electron chi connectivity index (χ4n) is 2.22. The van der Waals surface area contributed by atoms with Gasteiger partial charge in [0.25, 0.3) is 5.91 Å². The number of rotatable bonds is 4. The molecular formula is C15H14ClN5O2. The molecule has 1 fully saturated rings. The number of likely N-dealkylation sites (tertiary alicyclic amines) is 1. The van der Waals surface area contributed by atoms with E-state index in [1.165, 1.54) is 4.68 Å². The smallest absolute Gasteiger partial charge is 0.260 e. The first-order chi connectivity index (χ1) is 11.1. The lowest BCUT2D eigenvalue weighted by atomic mass is 10.2. The molecule has 1 aliphatic heterocycles. The Morgan fingerprint density at radius 2 is 2.26 bits per heavy atom. The van der Waals surface area contributed by atoms with Gasteiger partial charge in [-0.05, 0) is 31.5 Å². The minimum absolute atomic E-state index is 0.0629. The number of halogens is 1. The summed E-state index contributed by atoms with van der Waals surface area (Å²) >= 11 is 5.96. The van der Waals surface area contributed by atoms with E-state index in [1.807, 2.05) is 6.07 Å². The lowest BCUT2D eigenvalue weighted by molar-refractivity contribution is -0.136. The number of nitriles is 1. The number of carbonyl (C=O) groups excluding carboxylic acids is 1. The summed E-state index contributed by atoms with van der Waals surface area (Å²) in [5.41, 5.74) is 0.988. The highest BCUT2D eigenvalue weighted by atomic mass is 35.5. The van der Waals surface area contributed by atoms with Crippen LogP contribution in [-0.4, -0.2) is 45.3 Å². The molecule has 0 atom stereocenters. The van der Waals surface area contributed by atoms with Gasteiger partial charge in [0.2, 0.25) is 0 Å². The Balaban J connectivity index is 1.87. The van der Waals surface area contributed by atoms with Crippen molar-refractivity contribution < 1.29 is 9.53 Å². The van der Waals surface area contributed by atoms with Crippen molar-refractivity contribution in [1.29, 1.82) is 5.26 Å². The first kappa shape index (κ1) is 15.3. The van der Waals surface area contributed by atoms with Gasteiger partial charge in [0.1, 0.15) is 11.2 Å². The number of carbonyl (C=O) groups is 1. The Bertz CT molecular complexity index is 792. The molecule has 2 aromatic rings. The summed E-state index contributed by atoms with van der Waals surface area (Å²) < 4.78 is 7.09. The predicted molar refractivity (Wildman–Crippen MR) is 82.5 cm³/mol. The molecule has 1 saturated heterocycles. The van der Waals surface area contributed by atoms with Gasteiger partial charge in [0.15, 0.2) is 23.9 Å². The topological polar surface area (TPSA) is 84.0 Å². The Morgan fingerprint density at radius 3 is 2.87 bits per heavy atom. The average molecular weight is 332 g/mol. The van der Waals surface area contributed by atoms with Gasteiger partial charge in [-0.3, -0.25) is 4.79 Å². The van der Waals surface area contributed by atoms with Crippen LogP contribution in [0.1, 0.15) is 17.8 Å². The molecule has 118 valence electrons. The quantitative estimate of drug-likeness (QED) is 0.796. The zero-order valence-corrected chi connectivity index (χ0v) is 13.2. The van der Waals surface area contributed by atoms with E-state index in [1.54, 1.807) is 30.0 Å². The molecule has 23 heavy (non-hydrogen) atoms. The van der Waals surface area contributed by atoms with E-state index in [0.717, 1.165) is 25.2 Å². The fourth-order valence-corrected chi connectivity index (χ4v) is 2.36. The maximum Gasteiger partial charge on any atom is 0.260 e. The number of ether oxygens (including phenoxy) is 1. The highest BCUT2D eigenvalue weighted by Gasteiger charge is 2.21. The summed E-state index contributed by atoms with van der Waals surface area (Å²) in [4.78, 5) is 17.9. The highest BCUT2D eigenvalue weighted by molar-refractivity contribution is 6.29. The minimum Gasteiger partial charge on any atom is -0.480 e. The third-order valence-corrected chi connectivity index (χ3v) is 3.78. The molecule has 1 aliphatic rings. The summed E-state index contributed by atoms with van der Waals surface area (Å²) in [6.07, 6.45) is 1.03. The van der Waals surface area contributed by atoms with Crippen molar-refractivity contribution in [1.82, 2.24) is 19.7 Å². The van der Waals surface area contributed by atoms with Crippen molar-refractivity contribution in [3.63, 3.8) is 0 Å². The second-order valence-corrected chi connectivity index (χ2v) is 5.56. The van der Waals surface area contributed by atoms with E-state index in [9.17, 15) is 4.79 Å². The molecular weight excluding hydrogens is 318 g/mol. The Labute approximate surface area is 138 Å². The van der Waals surface area contributed by atoms with E-state index in [0.29, 0.717) is 11.6 Å². The number of amides is 1. The van der Waals surface area contributed by atoms with Crippen molar-refractivity contribution in [3.8, 4) is 17.6 Å². The summed E-state index contributed by atoms with van der Waals surface area (Å²) in [6.45, 7) is 3.28. The number of nitrogens with zero attached hydrogens (tertiary/aromatic N) is 5. The SMILES string of the molecule is Cc1cc(C#N)nn1-c1nc(Cl)ccc1OCC(=O)N1CCC1. The van der Waals surface area contributed by atoms with Gasteiger partial charge in [-0.1, -0.05) is 11.6 Å². The molecule has 8 heteroatoms. The molecule has 1 amide bonds. The van der Waals surface area contributed by atoms with Gasteiger partial charge in [-0.25, -0.2) is 9.67 Å². The van der Waals surface area contributed by atoms with Crippen molar-refractivity contribution in [2.24, 2.45) is 0 Å². The second kappa shape index (κ2) is 6.26. The molecule has 0 unspecified atom stereocenters. The zero-order chi connectivity index (χ0) is 16.4. The zero-order valence-electron chi connectivity index (χ0n) is 12.5. The molecule has 7 nitrogen and oxygen atoms in total. The van der Waals surface area contributed by atoms with Gasteiger partial charge >= 0.3 is 0 Å². The molecule has 0 bridgehead atoms. The molecule has 2 aromatic heterocycles. The van der Waals surface area contributed by atoms with Gasteiger partial charge in [0.05, 0.1) is 0 Å². The van der Waals surface area contributed by atoms with Crippen LogP contribution >= 0.6 is 11.6 Å². The molecule has 0 aliphatic carbocycles. The van der Waals surface area contributed by atoms with E-state index in [2.05, 4.69) is 10.1 Å². The monoisotopic (exact) mass is 331 g/mol. The molecule has 0 radical (unpaired) electrons. The lowest BCUT2D eigenvalue weighted by Crippen LogP contribution is -2.44. The second-order valence-electron chi connectivity index (χ2n) is 5.17. The first-order valence-electron chi connectivity index (χ1n) is 7.13. The van der Waals surface area contributed by atoms with E-state index in [-0.39, 0.29) is 23.4 Å². The summed E-state index contributed by atoms with van der Waals surface area (Å²) in [7, 11) is 0. The number of aryl methyl sites for hydroxylation is 1. The van der Waals surface area contributed by atoms with Crippen LogP contribution < -0.4 is 4.74 Å². The van der Waals surface area contributed by atoms with Crippen molar-refractivity contribution in [2.75, 3.05) is 19.7 Å². The maximum absolute atomic E-state index is 11.9. The normalized spacial score (nSPS) is 13.3. The third kappa shape index (κ3) is 3.12. The van der Waals surface area contributed by atoms with Crippen molar-refractivity contribution >= 4 is 17.5 Å². The van der Waals surface area contributed by atoms with Gasteiger partial charge in [-0.2, -0.15) is 10.4 Å². The maximum atomic E-state index is 11.9. The van der Waals surface area contributed by atoms with Gasteiger partial charge in [-0.15, -0.1) is 0 Å². The number of hydrogen-bond acceptors (Lipinski definition) is 5. The summed E-state index contributed by atoms with van der Waals surface area (Å²) in [5, 5.41) is 13.4. The van der Waals surface area contributed by atoms with Crippen LogP contribution in [0.5, 0.6) is 5.75 Å². The molecule has 0 aromatic carbocycles. The standard InChI is InChI=1S/C15H14ClN5O2/c1-10-7-11(8-17)19-21(10)15-12(3-4-13(16)18-15)23-9-14(22)20-5-2-6-20/h3-4,7H,2,5-6,9H2,1H3. The molecule has 0 spiro atoms. The van der Waals surface area contributed by atoms with Crippen LogP contribution in [0.25, 0.3) is 5.82 Å². The van der Waals surface area contributed by atoms with Gasteiger partial charge in [0, 0.05) is 18.8 Å². The van der Waals surface area contributed by atoms with Crippen LogP contribution in [0.15, 0.2) is 18.2 Å². The van der Waals surface area contributed by atoms with E-state index < -0.39 is 0 Å². The third-order valence-electron chi connectivity index (χ3n) is 3.57. The van der Waals surface area contributed by atoms with Crippen LogP contribution in [0.2, 0.25) is 5.15 Å². The Kier molecular flexibility index (Phi) is 4.17. The summed E-state index contributed by atoms with van der Waals surface area (Å²) in [6, 6.07) is 6.84. The van der Waals surface area contributed by atoms with E-state index in [4.69, 9.17) is 21.6 Å². The molecule has 3 rings (SSSR count). The molecule has 0 N–H and O–H groups in total. The average Bonchev–Trinajstić information content (AvgIpc) is 2.85. The van der Waals surface area contributed by atoms with Crippen molar-refractivity contribution in [3.05, 3.63) is 34.7 Å². The van der Waals surface area contributed by atoms with Crippen LogP contribution in [0.3, 0.4) is 0 Å². The Morgan fingerprint density at radius 1 is 1.48 bits per heavy atom. The number of hydrogen-bond donors (Lipinski definition) is 0. The first-order valence-corrected chi connectivity index (χ1v) is 7.50. The van der Waals surface area contributed by atoms with Crippen LogP contribution in [0.4, 0.5) is 0 Å². The van der Waals surface area contributed by atoms with Crippen molar-refractivity contribution in [2.45, 2.75) is 13.3 Å². The van der Waals surface area contributed by atoms with E-state index >= 15 is 0 Å². The predicted octanol–water partition coefficient (Wildman–Crippen LogP) is 1.71. The van der Waals surface area contributed by atoms with Crippen LogP contribution in [0, 0.1) is 18.3 Å². The largest absolute Gasteiger partial charge is 0.480 e. The Hall–Kier alpha value is -2.59. The summed E-state index contributed by atoms with van der Waals surface area (Å²) in [5.74, 6) is 0.680. The van der Waals surface area contributed by atoms with Gasteiger partial charge < -0.3 is 9.64 Å². The number of aromatic nitrogens is 3. The lowest BCUT2D eigenvalue weighted by Gasteiger charge is -2.30. The fraction of sp³-hybridized carbons (Fsp3) is 0.333. The minimum atomic E-state index is -0.0677. The van der Waals surface area contributed by atoms with Crippen LogP contribution in [-0.2, 0) is 4.79 Å². The highest BCUT2D eigenvalue weighted by Crippen LogP contribution is 2.24.